The largest absolute Gasteiger partial charge is 0.0622 e. The Bertz CT molecular complexity index is 1450. The number of fused-ring (bicyclic) bond motifs is 3. The quantitative estimate of drug-likeness (QED) is 0.264. The van der Waals surface area contributed by atoms with Gasteiger partial charge in [0.2, 0.25) is 0 Å². The Hall–Kier alpha value is -3.90. The first-order valence-corrected chi connectivity index (χ1v) is 12.0. The van der Waals surface area contributed by atoms with Crippen LogP contribution in [-0.4, -0.2) is 0 Å². The molecule has 164 valence electrons. The SMILES string of the molecule is Cc1ccc2c(c1)C(C)(C)c1cc(-c3cc(-c4ccccc4)cc(-c4ccccc4)c3)ccc1-2. The molecule has 0 bridgehead atoms. The third-order valence-corrected chi connectivity index (χ3v) is 7.31. The maximum absolute atomic E-state index is 2.42. The summed E-state index contributed by atoms with van der Waals surface area (Å²) >= 11 is 0. The highest BCUT2D eigenvalue weighted by Gasteiger charge is 2.35. The van der Waals surface area contributed by atoms with Crippen molar-refractivity contribution in [2.75, 3.05) is 0 Å². The van der Waals surface area contributed by atoms with Gasteiger partial charge in [-0.05, 0) is 86.8 Å². The molecule has 0 atom stereocenters. The van der Waals surface area contributed by atoms with Gasteiger partial charge in [0, 0.05) is 5.41 Å². The fraction of sp³-hybridized carbons (Fsp3) is 0.118. The summed E-state index contributed by atoms with van der Waals surface area (Å²) in [5.74, 6) is 0. The van der Waals surface area contributed by atoms with E-state index in [4.69, 9.17) is 0 Å². The van der Waals surface area contributed by atoms with E-state index in [0.29, 0.717) is 0 Å². The van der Waals surface area contributed by atoms with Crippen LogP contribution in [0, 0.1) is 6.92 Å². The lowest BCUT2D eigenvalue weighted by Gasteiger charge is -2.22. The smallest absolute Gasteiger partial charge is 0.0159 e. The molecule has 0 unspecified atom stereocenters. The van der Waals surface area contributed by atoms with E-state index in [0.717, 1.165) is 0 Å². The minimum atomic E-state index is -0.00794. The molecular formula is C34H28. The lowest BCUT2D eigenvalue weighted by Crippen LogP contribution is -2.15. The molecule has 1 aliphatic carbocycles. The minimum absolute atomic E-state index is 0.00794. The number of aryl methyl sites for hydroxylation is 1. The van der Waals surface area contributed by atoms with Gasteiger partial charge in [0.25, 0.3) is 0 Å². The second-order valence-electron chi connectivity index (χ2n) is 9.97. The van der Waals surface area contributed by atoms with E-state index < -0.39 is 0 Å². The molecule has 0 radical (unpaired) electrons. The molecule has 0 spiro atoms. The summed E-state index contributed by atoms with van der Waals surface area (Å²) in [6, 6.07) is 42.3. The van der Waals surface area contributed by atoms with Crippen LogP contribution in [0.5, 0.6) is 0 Å². The molecule has 0 heterocycles. The normalized spacial score (nSPS) is 13.4. The predicted octanol–water partition coefficient (Wildman–Crippen LogP) is 9.30. The van der Waals surface area contributed by atoms with Gasteiger partial charge in [-0.1, -0.05) is 110 Å². The predicted molar refractivity (Wildman–Crippen MR) is 145 cm³/mol. The fourth-order valence-corrected chi connectivity index (χ4v) is 5.42. The molecule has 0 fully saturated rings. The first kappa shape index (κ1) is 20.7. The third kappa shape index (κ3) is 3.38. The van der Waals surface area contributed by atoms with Crippen LogP contribution in [-0.2, 0) is 5.41 Å². The molecule has 0 saturated carbocycles. The van der Waals surface area contributed by atoms with Gasteiger partial charge in [0.1, 0.15) is 0 Å². The van der Waals surface area contributed by atoms with Crippen molar-refractivity contribution < 1.29 is 0 Å². The Morgan fingerprint density at radius 3 is 1.44 bits per heavy atom. The topological polar surface area (TPSA) is 0 Å². The zero-order valence-electron chi connectivity index (χ0n) is 20.0. The molecule has 0 aliphatic heterocycles. The Kier molecular flexibility index (Phi) is 4.78. The van der Waals surface area contributed by atoms with E-state index in [1.807, 2.05) is 0 Å². The summed E-state index contributed by atoms with van der Waals surface area (Å²) in [7, 11) is 0. The zero-order chi connectivity index (χ0) is 23.3. The molecule has 5 aromatic rings. The van der Waals surface area contributed by atoms with Gasteiger partial charge >= 0.3 is 0 Å². The van der Waals surface area contributed by atoms with Crippen molar-refractivity contribution in [3.63, 3.8) is 0 Å². The van der Waals surface area contributed by atoms with E-state index in [1.54, 1.807) is 0 Å². The molecule has 0 heteroatoms. The molecule has 0 N–H and O–H groups in total. The average Bonchev–Trinajstić information content (AvgIpc) is 3.10. The van der Waals surface area contributed by atoms with E-state index in [-0.39, 0.29) is 5.41 Å². The molecule has 5 aromatic carbocycles. The maximum Gasteiger partial charge on any atom is 0.0159 e. The first-order chi connectivity index (χ1) is 16.5. The summed E-state index contributed by atoms with van der Waals surface area (Å²) in [6.45, 7) is 6.90. The third-order valence-electron chi connectivity index (χ3n) is 7.31. The number of hydrogen-bond donors (Lipinski definition) is 0. The van der Waals surface area contributed by atoms with Gasteiger partial charge in [-0.2, -0.15) is 0 Å². The molecule has 6 rings (SSSR count). The Morgan fingerprint density at radius 1 is 0.412 bits per heavy atom. The molecule has 1 aliphatic rings. The number of rotatable bonds is 3. The molecule has 0 nitrogen and oxygen atoms in total. The minimum Gasteiger partial charge on any atom is -0.0622 e. The Balaban J connectivity index is 1.53. The second-order valence-corrected chi connectivity index (χ2v) is 9.97. The highest BCUT2D eigenvalue weighted by atomic mass is 14.4. The van der Waals surface area contributed by atoms with Crippen molar-refractivity contribution in [1.82, 2.24) is 0 Å². The van der Waals surface area contributed by atoms with Crippen molar-refractivity contribution in [2.24, 2.45) is 0 Å². The zero-order valence-corrected chi connectivity index (χ0v) is 20.0. The van der Waals surface area contributed by atoms with E-state index in [2.05, 4.69) is 136 Å². The van der Waals surface area contributed by atoms with Gasteiger partial charge < -0.3 is 0 Å². The van der Waals surface area contributed by atoms with Gasteiger partial charge in [0.15, 0.2) is 0 Å². The molecule has 0 aromatic heterocycles. The van der Waals surface area contributed by atoms with Crippen LogP contribution in [0.15, 0.2) is 115 Å². The van der Waals surface area contributed by atoms with Crippen molar-refractivity contribution in [3.8, 4) is 44.5 Å². The van der Waals surface area contributed by atoms with E-state index >= 15 is 0 Å². The van der Waals surface area contributed by atoms with Crippen molar-refractivity contribution >= 4 is 0 Å². The van der Waals surface area contributed by atoms with E-state index in [9.17, 15) is 0 Å². The Morgan fingerprint density at radius 2 is 0.882 bits per heavy atom. The monoisotopic (exact) mass is 436 g/mol. The van der Waals surface area contributed by atoms with Crippen molar-refractivity contribution in [2.45, 2.75) is 26.2 Å². The van der Waals surface area contributed by atoms with Crippen LogP contribution < -0.4 is 0 Å². The van der Waals surface area contributed by atoms with Crippen LogP contribution in [0.1, 0.15) is 30.5 Å². The number of benzene rings is 5. The molecule has 0 amide bonds. The van der Waals surface area contributed by atoms with Gasteiger partial charge in [-0.25, -0.2) is 0 Å². The second kappa shape index (κ2) is 7.85. The van der Waals surface area contributed by atoms with Crippen LogP contribution in [0.4, 0.5) is 0 Å². The number of hydrogen-bond acceptors (Lipinski definition) is 0. The Labute approximate surface area is 202 Å². The lowest BCUT2D eigenvalue weighted by atomic mass is 9.81. The summed E-state index contributed by atoms with van der Waals surface area (Å²) < 4.78 is 0. The average molecular weight is 437 g/mol. The highest BCUT2D eigenvalue weighted by molar-refractivity contribution is 5.86. The summed E-state index contributed by atoms with van der Waals surface area (Å²) in [5.41, 5.74) is 14.4. The van der Waals surface area contributed by atoms with Crippen molar-refractivity contribution in [1.29, 1.82) is 0 Å². The highest BCUT2D eigenvalue weighted by Crippen LogP contribution is 2.50. The summed E-state index contributed by atoms with van der Waals surface area (Å²) in [4.78, 5) is 0. The van der Waals surface area contributed by atoms with Crippen LogP contribution in [0.25, 0.3) is 44.5 Å². The van der Waals surface area contributed by atoms with Gasteiger partial charge in [0.05, 0.1) is 0 Å². The molecule has 34 heavy (non-hydrogen) atoms. The van der Waals surface area contributed by atoms with Crippen molar-refractivity contribution in [3.05, 3.63) is 132 Å². The van der Waals surface area contributed by atoms with Crippen LogP contribution in [0.3, 0.4) is 0 Å². The van der Waals surface area contributed by atoms with Gasteiger partial charge in [-0.15, -0.1) is 0 Å². The van der Waals surface area contributed by atoms with E-state index in [1.165, 1.54) is 61.2 Å². The lowest BCUT2D eigenvalue weighted by molar-refractivity contribution is 0.660. The van der Waals surface area contributed by atoms with Crippen LogP contribution in [0.2, 0.25) is 0 Å². The maximum atomic E-state index is 2.42. The fourth-order valence-electron chi connectivity index (χ4n) is 5.42. The van der Waals surface area contributed by atoms with Gasteiger partial charge in [-0.3, -0.25) is 0 Å². The summed E-state index contributed by atoms with van der Waals surface area (Å²) in [6.07, 6.45) is 0. The summed E-state index contributed by atoms with van der Waals surface area (Å²) in [5, 5.41) is 0. The molecular weight excluding hydrogens is 408 g/mol. The molecule has 0 saturated heterocycles. The van der Waals surface area contributed by atoms with Crippen LogP contribution >= 0.6 is 0 Å². The first-order valence-electron chi connectivity index (χ1n) is 12.0. The standard InChI is InChI=1S/C34H28/c1-23-14-16-30-31-17-15-26(22-33(31)34(2,3)32(30)18-23)29-20-27(24-10-6-4-7-11-24)19-28(21-29)25-12-8-5-9-13-25/h4-22H,1-3H3.